The van der Waals surface area contributed by atoms with E-state index in [0.29, 0.717) is 18.7 Å². The minimum atomic E-state index is -1.20. The molecular formula is C13H15FN4O2. The Kier molecular flexibility index (Phi) is 3.78. The van der Waals surface area contributed by atoms with E-state index in [4.69, 9.17) is 0 Å². The van der Waals surface area contributed by atoms with Crippen molar-refractivity contribution in [2.75, 3.05) is 0 Å². The van der Waals surface area contributed by atoms with Gasteiger partial charge in [-0.2, -0.15) is 0 Å². The molecule has 0 saturated heterocycles. The van der Waals surface area contributed by atoms with Gasteiger partial charge >= 0.3 is 5.97 Å². The van der Waals surface area contributed by atoms with E-state index in [1.165, 1.54) is 16.8 Å². The predicted molar refractivity (Wildman–Crippen MR) is 68.6 cm³/mol. The summed E-state index contributed by atoms with van der Waals surface area (Å²) in [6.45, 7) is 3.33. The van der Waals surface area contributed by atoms with Gasteiger partial charge in [-0.15, -0.1) is 5.10 Å². The van der Waals surface area contributed by atoms with E-state index in [1.807, 2.05) is 0 Å². The molecule has 6 nitrogen and oxygen atoms in total. The number of carbonyl (C=O) groups is 1. The van der Waals surface area contributed by atoms with Crippen LogP contribution in [0.3, 0.4) is 0 Å². The Balaban J connectivity index is 2.33. The molecule has 0 aliphatic heterocycles. The first-order valence-corrected chi connectivity index (χ1v) is 6.23. The average Bonchev–Trinajstić information content (AvgIpc) is 2.89. The van der Waals surface area contributed by atoms with Crippen LogP contribution in [-0.2, 0) is 16.8 Å². The zero-order valence-electron chi connectivity index (χ0n) is 11.2. The number of halogens is 1. The van der Waals surface area contributed by atoms with Crippen molar-refractivity contribution < 1.29 is 14.3 Å². The number of hydrogen-bond acceptors (Lipinski definition) is 4. The third-order valence-corrected chi connectivity index (χ3v) is 3.43. The molecule has 1 N–H and O–H groups in total. The van der Waals surface area contributed by atoms with Gasteiger partial charge in [-0.1, -0.05) is 19.1 Å². The summed E-state index contributed by atoms with van der Waals surface area (Å²) in [5.41, 5.74) is -0.384. The molecule has 2 aromatic rings. The molecule has 0 aliphatic carbocycles. The molecule has 0 aliphatic rings. The second-order valence-corrected chi connectivity index (χ2v) is 4.74. The number of carboxylic acid groups (broad SMARTS) is 1. The standard InChI is InChI=1S/C13H15FN4O2/c1-3-13(2,12(19)20)18-11(15-16-17-18)8-9-4-6-10(14)7-5-9/h4-7H,3,8H2,1-2H3,(H,19,20). The Labute approximate surface area is 115 Å². The maximum Gasteiger partial charge on any atom is 0.331 e. The summed E-state index contributed by atoms with van der Waals surface area (Å²) in [4.78, 5) is 11.4. The van der Waals surface area contributed by atoms with Crippen molar-refractivity contribution in [2.45, 2.75) is 32.2 Å². The van der Waals surface area contributed by atoms with Crippen molar-refractivity contribution in [3.63, 3.8) is 0 Å². The fourth-order valence-electron chi connectivity index (χ4n) is 1.88. The maximum absolute atomic E-state index is 12.9. The van der Waals surface area contributed by atoms with Crippen LogP contribution >= 0.6 is 0 Å². The largest absolute Gasteiger partial charge is 0.479 e. The SMILES string of the molecule is CCC(C)(C(=O)O)n1nnnc1Cc1ccc(F)cc1. The number of aliphatic carboxylic acids is 1. The van der Waals surface area contributed by atoms with Crippen molar-refractivity contribution >= 4 is 5.97 Å². The van der Waals surface area contributed by atoms with Gasteiger partial charge in [0, 0.05) is 6.42 Å². The first kappa shape index (κ1) is 14.1. The fraction of sp³-hybridized carbons (Fsp3) is 0.385. The van der Waals surface area contributed by atoms with Crippen LogP contribution in [0.2, 0.25) is 0 Å². The molecule has 106 valence electrons. The number of aromatic nitrogens is 4. The molecule has 0 spiro atoms. The van der Waals surface area contributed by atoms with Crippen LogP contribution in [-0.4, -0.2) is 31.3 Å². The van der Waals surface area contributed by atoms with E-state index in [9.17, 15) is 14.3 Å². The molecule has 0 amide bonds. The van der Waals surface area contributed by atoms with Crippen LogP contribution in [0.4, 0.5) is 4.39 Å². The molecule has 1 heterocycles. The highest BCUT2D eigenvalue weighted by Crippen LogP contribution is 2.21. The predicted octanol–water partition coefficient (Wildman–Crippen LogP) is 1.61. The van der Waals surface area contributed by atoms with Crippen molar-refractivity contribution in [2.24, 2.45) is 0 Å². The lowest BCUT2D eigenvalue weighted by atomic mass is 9.99. The molecule has 1 unspecified atom stereocenters. The molecule has 7 heteroatoms. The van der Waals surface area contributed by atoms with Crippen LogP contribution in [0.25, 0.3) is 0 Å². The molecule has 1 atom stereocenters. The smallest absolute Gasteiger partial charge is 0.331 e. The van der Waals surface area contributed by atoms with Gasteiger partial charge in [0.05, 0.1) is 0 Å². The van der Waals surface area contributed by atoms with Gasteiger partial charge in [0.25, 0.3) is 0 Å². The van der Waals surface area contributed by atoms with E-state index in [-0.39, 0.29) is 5.82 Å². The normalized spacial score (nSPS) is 13.9. The molecule has 1 aromatic carbocycles. The van der Waals surface area contributed by atoms with Crippen molar-refractivity contribution in [3.8, 4) is 0 Å². The first-order valence-electron chi connectivity index (χ1n) is 6.23. The molecule has 20 heavy (non-hydrogen) atoms. The van der Waals surface area contributed by atoms with Crippen LogP contribution < -0.4 is 0 Å². The van der Waals surface area contributed by atoms with Gasteiger partial charge in [0.2, 0.25) is 0 Å². The van der Waals surface area contributed by atoms with E-state index >= 15 is 0 Å². The third-order valence-electron chi connectivity index (χ3n) is 3.43. The van der Waals surface area contributed by atoms with Crippen LogP contribution in [0, 0.1) is 5.82 Å². The molecule has 2 rings (SSSR count). The van der Waals surface area contributed by atoms with Crippen molar-refractivity contribution in [3.05, 3.63) is 41.5 Å². The van der Waals surface area contributed by atoms with Crippen molar-refractivity contribution in [1.29, 1.82) is 0 Å². The number of tetrazole rings is 1. The quantitative estimate of drug-likeness (QED) is 0.898. The average molecular weight is 278 g/mol. The molecule has 0 saturated carbocycles. The van der Waals surface area contributed by atoms with Gasteiger partial charge < -0.3 is 5.11 Å². The maximum atomic E-state index is 12.9. The summed E-state index contributed by atoms with van der Waals surface area (Å²) in [6, 6.07) is 5.94. The number of nitrogens with zero attached hydrogens (tertiary/aromatic N) is 4. The fourth-order valence-corrected chi connectivity index (χ4v) is 1.88. The van der Waals surface area contributed by atoms with Gasteiger partial charge in [-0.3, -0.25) is 0 Å². The Hall–Kier alpha value is -2.31. The Morgan fingerprint density at radius 2 is 2.05 bits per heavy atom. The van der Waals surface area contributed by atoms with Crippen LogP contribution in [0.1, 0.15) is 31.7 Å². The highest BCUT2D eigenvalue weighted by Gasteiger charge is 2.36. The summed E-state index contributed by atoms with van der Waals surface area (Å²) in [5, 5.41) is 20.6. The van der Waals surface area contributed by atoms with Gasteiger partial charge in [0.1, 0.15) is 5.82 Å². The summed E-state index contributed by atoms with van der Waals surface area (Å²) >= 11 is 0. The number of carboxylic acids is 1. The van der Waals surface area contributed by atoms with Gasteiger partial charge in [-0.05, 0) is 41.5 Å². The molecule has 0 bridgehead atoms. The van der Waals surface area contributed by atoms with E-state index in [1.54, 1.807) is 26.0 Å². The van der Waals surface area contributed by atoms with Gasteiger partial charge in [-0.25, -0.2) is 13.9 Å². The first-order chi connectivity index (χ1) is 9.47. The van der Waals surface area contributed by atoms with E-state index in [0.717, 1.165) is 5.56 Å². The lowest BCUT2D eigenvalue weighted by Crippen LogP contribution is -2.40. The lowest BCUT2D eigenvalue weighted by Gasteiger charge is -2.24. The second-order valence-electron chi connectivity index (χ2n) is 4.74. The Morgan fingerprint density at radius 1 is 1.40 bits per heavy atom. The topological polar surface area (TPSA) is 80.9 Å². The summed E-state index contributed by atoms with van der Waals surface area (Å²) in [5.74, 6) is -0.881. The molecule has 1 aromatic heterocycles. The van der Waals surface area contributed by atoms with Crippen molar-refractivity contribution in [1.82, 2.24) is 20.2 Å². The van der Waals surface area contributed by atoms with Crippen LogP contribution in [0.15, 0.2) is 24.3 Å². The number of rotatable bonds is 5. The van der Waals surface area contributed by atoms with Gasteiger partial charge in [0.15, 0.2) is 11.4 Å². The zero-order chi connectivity index (χ0) is 14.8. The lowest BCUT2D eigenvalue weighted by molar-refractivity contribution is -0.147. The Bertz CT molecular complexity index is 611. The monoisotopic (exact) mass is 278 g/mol. The highest BCUT2D eigenvalue weighted by molar-refractivity contribution is 5.76. The summed E-state index contributed by atoms with van der Waals surface area (Å²) < 4.78 is 14.2. The number of benzene rings is 1. The Morgan fingerprint density at radius 3 is 2.60 bits per heavy atom. The second kappa shape index (κ2) is 5.36. The van der Waals surface area contributed by atoms with Crippen LogP contribution in [0.5, 0.6) is 0 Å². The minimum absolute atomic E-state index is 0.322. The molecule has 0 radical (unpaired) electrons. The minimum Gasteiger partial charge on any atom is -0.479 e. The van der Waals surface area contributed by atoms with E-state index < -0.39 is 11.5 Å². The molecule has 0 fully saturated rings. The third kappa shape index (κ3) is 2.52. The summed E-state index contributed by atoms with van der Waals surface area (Å²) in [6.07, 6.45) is 0.694. The highest BCUT2D eigenvalue weighted by atomic mass is 19.1. The summed E-state index contributed by atoms with van der Waals surface area (Å²) in [7, 11) is 0. The molecular weight excluding hydrogens is 263 g/mol. The van der Waals surface area contributed by atoms with E-state index in [2.05, 4.69) is 15.5 Å². The zero-order valence-corrected chi connectivity index (χ0v) is 11.2. The number of hydrogen-bond donors (Lipinski definition) is 1.